The monoisotopic (exact) mass is 262 g/mol. The Bertz CT molecular complexity index is 439. The van der Waals surface area contributed by atoms with E-state index in [4.69, 9.17) is 5.73 Å². The molecule has 0 unspecified atom stereocenters. The number of nitrogens with two attached hydrogens (primary N) is 1. The first-order valence-electron chi connectivity index (χ1n) is 5.31. The van der Waals surface area contributed by atoms with Crippen LogP contribution < -0.4 is 5.73 Å². The third-order valence-corrected chi connectivity index (χ3v) is 2.23. The van der Waals surface area contributed by atoms with Gasteiger partial charge in [-0.3, -0.25) is 4.79 Å². The number of hydrogen-bond donors (Lipinski definition) is 1. The summed E-state index contributed by atoms with van der Waals surface area (Å²) in [7, 11) is 0. The molecule has 1 aromatic rings. The molecular formula is C11H13F3N2O2. The second-order valence-corrected chi connectivity index (χ2v) is 3.46. The van der Waals surface area contributed by atoms with Crippen molar-refractivity contribution in [1.29, 1.82) is 0 Å². The summed E-state index contributed by atoms with van der Waals surface area (Å²) in [6.07, 6.45) is -3.48. The Morgan fingerprint density at radius 1 is 1.56 bits per heavy atom. The summed E-state index contributed by atoms with van der Waals surface area (Å²) < 4.78 is 43.7. The van der Waals surface area contributed by atoms with Gasteiger partial charge >= 0.3 is 5.97 Å². The molecule has 1 rings (SSSR count). The van der Waals surface area contributed by atoms with Crippen LogP contribution >= 0.6 is 0 Å². The number of pyridine rings is 1. The van der Waals surface area contributed by atoms with E-state index >= 15 is 0 Å². The summed E-state index contributed by atoms with van der Waals surface area (Å²) in [5, 5.41) is 0. The number of carbonyl (C=O) groups excluding carboxylic acids is 1. The summed E-state index contributed by atoms with van der Waals surface area (Å²) in [6, 6.07) is 1.00. The lowest BCUT2D eigenvalue weighted by Gasteiger charge is -2.10. The second-order valence-electron chi connectivity index (χ2n) is 3.46. The maximum absolute atomic E-state index is 13.6. The van der Waals surface area contributed by atoms with E-state index in [0.29, 0.717) is 0 Å². The molecular weight excluding hydrogens is 249 g/mol. The number of esters is 1. The molecule has 0 amide bonds. The van der Waals surface area contributed by atoms with E-state index in [1.165, 1.54) is 0 Å². The third kappa shape index (κ3) is 3.43. The zero-order chi connectivity index (χ0) is 13.7. The van der Waals surface area contributed by atoms with E-state index in [9.17, 15) is 18.0 Å². The molecule has 0 aliphatic carbocycles. The van der Waals surface area contributed by atoms with Crippen LogP contribution in [0.1, 0.15) is 30.2 Å². The molecule has 0 atom stereocenters. The minimum Gasteiger partial charge on any atom is -0.466 e. The fourth-order valence-electron chi connectivity index (χ4n) is 1.44. The molecule has 7 heteroatoms. The van der Waals surface area contributed by atoms with Gasteiger partial charge in [0.1, 0.15) is 0 Å². The minimum atomic E-state index is -2.91. The zero-order valence-electron chi connectivity index (χ0n) is 9.75. The van der Waals surface area contributed by atoms with Crippen LogP contribution in [-0.4, -0.2) is 17.6 Å². The van der Waals surface area contributed by atoms with Gasteiger partial charge in [-0.25, -0.2) is 13.8 Å². The minimum absolute atomic E-state index is 0.00964. The number of halogens is 3. The Labute approximate surface area is 102 Å². The van der Waals surface area contributed by atoms with Crippen LogP contribution in [0.15, 0.2) is 6.07 Å². The van der Waals surface area contributed by atoms with Gasteiger partial charge in [-0.15, -0.1) is 0 Å². The van der Waals surface area contributed by atoms with Gasteiger partial charge in [-0.2, -0.15) is 4.39 Å². The topological polar surface area (TPSA) is 65.2 Å². The Balaban J connectivity index is 3.12. The van der Waals surface area contributed by atoms with Gasteiger partial charge in [0.05, 0.1) is 18.7 Å². The predicted octanol–water partition coefficient (Wildman–Crippen LogP) is 1.72. The smallest absolute Gasteiger partial charge is 0.310 e. The van der Waals surface area contributed by atoms with Gasteiger partial charge in [0.2, 0.25) is 5.95 Å². The lowest BCUT2D eigenvalue weighted by molar-refractivity contribution is -0.142. The number of nitrogens with zero attached hydrogens (tertiary/aromatic N) is 1. The van der Waals surface area contributed by atoms with Crippen molar-refractivity contribution in [3.05, 3.63) is 28.8 Å². The number of aromatic nitrogens is 1. The highest BCUT2D eigenvalue weighted by molar-refractivity contribution is 5.73. The van der Waals surface area contributed by atoms with Crippen LogP contribution in [0, 0.1) is 5.95 Å². The summed E-state index contributed by atoms with van der Waals surface area (Å²) >= 11 is 0. The molecule has 18 heavy (non-hydrogen) atoms. The van der Waals surface area contributed by atoms with E-state index in [0.717, 1.165) is 6.07 Å². The maximum atomic E-state index is 13.6. The molecule has 0 saturated heterocycles. The van der Waals surface area contributed by atoms with Crippen LogP contribution in [0.3, 0.4) is 0 Å². The number of hydrogen-bond acceptors (Lipinski definition) is 4. The number of carbonyl (C=O) groups is 1. The van der Waals surface area contributed by atoms with Gasteiger partial charge in [0, 0.05) is 17.7 Å². The van der Waals surface area contributed by atoms with Gasteiger partial charge in [0.25, 0.3) is 6.43 Å². The fraction of sp³-hybridized carbons (Fsp3) is 0.455. The first kappa shape index (κ1) is 14.4. The summed E-state index contributed by atoms with van der Waals surface area (Å²) in [5.41, 5.74) is 4.21. The van der Waals surface area contributed by atoms with E-state index < -0.39 is 35.9 Å². The number of rotatable bonds is 5. The Kier molecular flexibility index (Phi) is 5.08. The Hall–Kier alpha value is -1.63. The van der Waals surface area contributed by atoms with Crippen LogP contribution in [0.4, 0.5) is 13.2 Å². The van der Waals surface area contributed by atoms with Crippen LogP contribution in [-0.2, 0) is 22.5 Å². The molecule has 0 radical (unpaired) electrons. The highest BCUT2D eigenvalue weighted by Crippen LogP contribution is 2.25. The van der Waals surface area contributed by atoms with Crippen molar-refractivity contribution >= 4 is 5.97 Å². The van der Waals surface area contributed by atoms with Gasteiger partial charge in [-0.1, -0.05) is 0 Å². The lowest BCUT2D eigenvalue weighted by atomic mass is 10.1. The standard InChI is InChI=1S/C11H13F3N2O2/c1-2-18-9(17)4-8-7(10(12)13)3-6(5-15)16-11(8)14/h3,10H,2,4-5,15H2,1H3. The Morgan fingerprint density at radius 3 is 2.72 bits per heavy atom. The molecule has 0 bridgehead atoms. The average molecular weight is 262 g/mol. The third-order valence-electron chi connectivity index (χ3n) is 2.23. The van der Waals surface area contributed by atoms with Crippen molar-refractivity contribution in [3.63, 3.8) is 0 Å². The normalized spacial score (nSPS) is 10.8. The summed E-state index contributed by atoms with van der Waals surface area (Å²) in [4.78, 5) is 14.6. The molecule has 0 spiro atoms. The maximum Gasteiger partial charge on any atom is 0.310 e. The van der Waals surface area contributed by atoms with Crippen LogP contribution in [0.25, 0.3) is 0 Å². The SMILES string of the molecule is CCOC(=O)Cc1c(C(F)F)cc(CN)nc1F. The predicted molar refractivity (Wildman–Crippen MR) is 57.4 cm³/mol. The van der Waals surface area contributed by atoms with E-state index in [-0.39, 0.29) is 18.8 Å². The first-order valence-corrected chi connectivity index (χ1v) is 5.31. The van der Waals surface area contributed by atoms with Crippen molar-refractivity contribution in [2.75, 3.05) is 6.61 Å². The number of alkyl halides is 2. The zero-order valence-corrected chi connectivity index (χ0v) is 9.75. The second kappa shape index (κ2) is 6.34. The van der Waals surface area contributed by atoms with E-state index in [1.54, 1.807) is 6.92 Å². The van der Waals surface area contributed by atoms with Crippen molar-refractivity contribution in [3.8, 4) is 0 Å². The quantitative estimate of drug-likeness (QED) is 0.648. The molecule has 4 nitrogen and oxygen atoms in total. The highest BCUT2D eigenvalue weighted by atomic mass is 19.3. The molecule has 100 valence electrons. The van der Waals surface area contributed by atoms with E-state index in [2.05, 4.69) is 9.72 Å². The summed E-state index contributed by atoms with van der Waals surface area (Å²) in [5.74, 6) is -1.89. The average Bonchev–Trinajstić information content (AvgIpc) is 2.31. The molecule has 0 aliphatic rings. The van der Waals surface area contributed by atoms with Crippen molar-refractivity contribution in [1.82, 2.24) is 4.98 Å². The van der Waals surface area contributed by atoms with Gasteiger partial charge < -0.3 is 10.5 Å². The fourth-order valence-corrected chi connectivity index (χ4v) is 1.44. The van der Waals surface area contributed by atoms with E-state index in [1.807, 2.05) is 0 Å². The molecule has 2 N–H and O–H groups in total. The molecule has 0 aliphatic heterocycles. The molecule has 0 fully saturated rings. The molecule has 1 heterocycles. The molecule has 0 saturated carbocycles. The van der Waals surface area contributed by atoms with Crippen LogP contribution in [0.2, 0.25) is 0 Å². The summed E-state index contributed by atoms with van der Waals surface area (Å²) in [6.45, 7) is 1.51. The molecule has 0 aromatic carbocycles. The van der Waals surface area contributed by atoms with Crippen molar-refractivity contribution in [2.24, 2.45) is 5.73 Å². The lowest BCUT2D eigenvalue weighted by Crippen LogP contribution is -2.14. The largest absolute Gasteiger partial charge is 0.466 e. The molecule has 1 aromatic heterocycles. The highest BCUT2D eigenvalue weighted by Gasteiger charge is 2.21. The van der Waals surface area contributed by atoms with Gasteiger partial charge in [-0.05, 0) is 13.0 Å². The van der Waals surface area contributed by atoms with Gasteiger partial charge in [0.15, 0.2) is 0 Å². The first-order chi connectivity index (χ1) is 8.49. The van der Waals surface area contributed by atoms with Crippen molar-refractivity contribution in [2.45, 2.75) is 26.3 Å². The van der Waals surface area contributed by atoms with Crippen LogP contribution in [0.5, 0.6) is 0 Å². The Morgan fingerprint density at radius 2 is 2.22 bits per heavy atom. The van der Waals surface area contributed by atoms with Crippen molar-refractivity contribution < 1.29 is 22.7 Å². The number of ether oxygens (including phenoxy) is 1.